The van der Waals surface area contributed by atoms with Crippen molar-refractivity contribution in [2.24, 2.45) is 0 Å². The van der Waals surface area contributed by atoms with Crippen molar-refractivity contribution in [1.29, 1.82) is 0 Å². The van der Waals surface area contributed by atoms with Crippen LogP contribution >= 0.6 is 0 Å². The maximum absolute atomic E-state index is 5.50. The molecule has 0 radical (unpaired) electrons. The second-order valence-electron chi connectivity index (χ2n) is 3.72. The molecule has 2 rings (SSSR count). The Hall–Kier alpha value is -1.44. The molecular formula is C13H17NO. The van der Waals surface area contributed by atoms with Crippen molar-refractivity contribution in [3.63, 3.8) is 0 Å². The highest BCUT2D eigenvalue weighted by atomic mass is 16.5. The molecule has 15 heavy (non-hydrogen) atoms. The Morgan fingerprint density at radius 2 is 2.07 bits per heavy atom. The van der Waals surface area contributed by atoms with Gasteiger partial charge in [0.25, 0.3) is 0 Å². The Kier molecular flexibility index (Phi) is 2.67. The van der Waals surface area contributed by atoms with Crippen LogP contribution in [0.3, 0.4) is 0 Å². The molecule has 1 aromatic heterocycles. The summed E-state index contributed by atoms with van der Waals surface area (Å²) in [7, 11) is 0. The molecule has 0 unspecified atom stereocenters. The zero-order valence-corrected chi connectivity index (χ0v) is 9.55. The summed E-state index contributed by atoms with van der Waals surface area (Å²) >= 11 is 0. The summed E-state index contributed by atoms with van der Waals surface area (Å²) in [6, 6.07) is 6.22. The Labute approximate surface area is 90.3 Å². The number of nitrogens with one attached hydrogen (secondary N) is 1. The first-order valence-electron chi connectivity index (χ1n) is 5.50. The van der Waals surface area contributed by atoms with Gasteiger partial charge in [0.1, 0.15) is 5.75 Å². The third-order valence-corrected chi connectivity index (χ3v) is 2.80. The van der Waals surface area contributed by atoms with Gasteiger partial charge in [0.15, 0.2) is 0 Å². The van der Waals surface area contributed by atoms with Crippen molar-refractivity contribution in [3.8, 4) is 5.75 Å². The third-order valence-electron chi connectivity index (χ3n) is 2.80. The van der Waals surface area contributed by atoms with E-state index in [2.05, 4.69) is 31.0 Å². The number of benzene rings is 1. The molecular weight excluding hydrogens is 186 g/mol. The molecule has 0 aliphatic heterocycles. The highest BCUT2D eigenvalue weighted by Gasteiger charge is 2.06. The predicted octanol–water partition coefficient (Wildman–Crippen LogP) is 3.44. The topological polar surface area (TPSA) is 25.0 Å². The van der Waals surface area contributed by atoms with Crippen LogP contribution in [0.5, 0.6) is 5.75 Å². The van der Waals surface area contributed by atoms with Crippen LogP contribution in [0.4, 0.5) is 0 Å². The minimum atomic E-state index is 0.718. The molecule has 0 amide bonds. The molecule has 2 nitrogen and oxygen atoms in total. The van der Waals surface area contributed by atoms with E-state index in [0.29, 0.717) is 0 Å². The van der Waals surface area contributed by atoms with Crippen LogP contribution in [0.2, 0.25) is 0 Å². The number of aromatic amines is 1. The third kappa shape index (κ3) is 1.72. The molecule has 0 saturated heterocycles. The molecule has 80 valence electrons. The number of rotatable bonds is 3. The van der Waals surface area contributed by atoms with Crippen molar-refractivity contribution in [2.45, 2.75) is 27.2 Å². The van der Waals surface area contributed by atoms with Gasteiger partial charge in [-0.05, 0) is 44.0 Å². The van der Waals surface area contributed by atoms with Gasteiger partial charge in [-0.1, -0.05) is 6.92 Å². The van der Waals surface area contributed by atoms with E-state index in [0.717, 1.165) is 18.8 Å². The summed E-state index contributed by atoms with van der Waals surface area (Å²) in [4.78, 5) is 3.43. The van der Waals surface area contributed by atoms with Gasteiger partial charge >= 0.3 is 0 Å². The minimum absolute atomic E-state index is 0.718. The molecule has 0 aliphatic carbocycles. The molecule has 2 heteroatoms. The molecule has 0 bridgehead atoms. The number of hydrogen-bond acceptors (Lipinski definition) is 1. The van der Waals surface area contributed by atoms with Gasteiger partial charge in [-0.25, -0.2) is 0 Å². The number of hydrogen-bond donors (Lipinski definition) is 1. The fourth-order valence-corrected chi connectivity index (χ4v) is 1.97. The summed E-state index contributed by atoms with van der Waals surface area (Å²) in [5.41, 5.74) is 3.86. The van der Waals surface area contributed by atoms with Crippen LogP contribution in [0.1, 0.15) is 25.1 Å². The summed E-state index contributed by atoms with van der Waals surface area (Å²) in [6.07, 6.45) is 1.05. The molecule has 0 spiro atoms. The maximum Gasteiger partial charge on any atom is 0.120 e. The van der Waals surface area contributed by atoms with Crippen LogP contribution in [0.25, 0.3) is 10.9 Å². The molecule has 2 aromatic rings. The fraction of sp³-hybridized carbons (Fsp3) is 0.385. The van der Waals surface area contributed by atoms with E-state index < -0.39 is 0 Å². The lowest BCUT2D eigenvalue weighted by Gasteiger charge is -2.02. The smallest absolute Gasteiger partial charge is 0.120 e. The lowest BCUT2D eigenvalue weighted by molar-refractivity contribution is 0.340. The molecule has 0 aliphatic rings. The van der Waals surface area contributed by atoms with Crippen LogP contribution in [-0.2, 0) is 6.42 Å². The van der Waals surface area contributed by atoms with Gasteiger partial charge in [-0.3, -0.25) is 0 Å². The number of ether oxygens (including phenoxy) is 1. The summed E-state index contributed by atoms with van der Waals surface area (Å²) in [5, 5.41) is 1.28. The average Bonchev–Trinajstić information content (AvgIpc) is 2.56. The largest absolute Gasteiger partial charge is 0.494 e. The van der Waals surface area contributed by atoms with Gasteiger partial charge in [-0.15, -0.1) is 0 Å². The van der Waals surface area contributed by atoms with Crippen molar-refractivity contribution in [3.05, 3.63) is 29.5 Å². The normalized spacial score (nSPS) is 10.9. The predicted molar refractivity (Wildman–Crippen MR) is 63.6 cm³/mol. The van der Waals surface area contributed by atoms with Crippen molar-refractivity contribution in [2.75, 3.05) is 6.61 Å². The average molecular weight is 203 g/mol. The molecule has 0 fully saturated rings. The zero-order valence-electron chi connectivity index (χ0n) is 9.55. The van der Waals surface area contributed by atoms with Crippen LogP contribution in [0, 0.1) is 6.92 Å². The Morgan fingerprint density at radius 3 is 2.73 bits per heavy atom. The Balaban J connectivity index is 2.54. The van der Waals surface area contributed by atoms with Crippen molar-refractivity contribution in [1.82, 2.24) is 4.98 Å². The van der Waals surface area contributed by atoms with Crippen LogP contribution in [0.15, 0.2) is 18.2 Å². The first-order chi connectivity index (χ1) is 7.26. The highest BCUT2D eigenvalue weighted by molar-refractivity contribution is 5.85. The quantitative estimate of drug-likeness (QED) is 0.812. The Morgan fingerprint density at radius 1 is 1.27 bits per heavy atom. The lowest BCUT2D eigenvalue weighted by Crippen LogP contribution is -1.90. The number of fused-ring (bicyclic) bond motifs is 1. The molecule has 0 saturated carbocycles. The second-order valence-corrected chi connectivity index (χ2v) is 3.72. The SMILES string of the molecule is CCOc1ccc2[nH]c(CC)c(C)c2c1. The molecule has 1 N–H and O–H groups in total. The molecule has 1 heterocycles. The lowest BCUT2D eigenvalue weighted by atomic mass is 10.1. The van der Waals surface area contributed by atoms with Crippen LogP contribution in [-0.4, -0.2) is 11.6 Å². The Bertz CT molecular complexity index is 471. The molecule has 1 aromatic carbocycles. The summed E-state index contributed by atoms with van der Waals surface area (Å²) in [5.74, 6) is 0.953. The van der Waals surface area contributed by atoms with E-state index in [4.69, 9.17) is 4.74 Å². The van der Waals surface area contributed by atoms with Crippen LogP contribution < -0.4 is 4.74 Å². The van der Waals surface area contributed by atoms with E-state index in [1.54, 1.807) is 0 Å². The van der Waals surface area contributed by atoms with Gasteiger partial charge < -0.3 is 9.72 Å². The standard InChI is InChI=1S/C13H17NO/c1-4-12-9(3)11-8-10(15-5-2)6-7-13(11)14-12/h6-8,14H,4-5H2,1-3H3. The number of H-pyrrole nitrogens is 1. The van der Waals surface area contributed by atoms with Gasteiger partial charge in [0.05, 0.1) is 6.61 Å². The van der Waals surface area contributed by atoms with Gasteiger partial charge in [0.2, 0.25) is 0 Å². The van der Waals surface area contributed by atoms with E-state index in [1.165, 1.54) is 22.2 Å². The first kappa shape index (κ1) is 10.1. The van der Waals surface area contributed by atoms with Gasteiger partial charge in [0, 0.05) is 16.6 Å². The fourth-order valence-electron chi connectivity index (χ4n) is 1.97. The summed E-state index contributed by atoms with van der Waals surface area (Å²) < 4.78 is 5.50. The minimum Gasteiger partial charge on any atom is -0.494 e. The molecule has 0 atom stereocenters. The number of aryl methyl sites for hydroxylation is 2. The number of aromatic nitrogens is 1. The van der Waals surface area contributed by atoms with Crippen molar-refractivity contribution >= 4 is 10.9 Å². The highest BCUT2D eigenvalue weighted by Crippen LogP contribution is 2.26. The summed E-state index contributed by atoms with van der Waals surface area (Å²) in [6.45, 7) is 7.05. The maximum atomic E-state index is 5.50. The zero-order chi connectivity index (χ0) is 10.8. The van der Waals surface area contributed by atoms with E-state index in [-0.39, 0.29) is 0 Å². The van der Waals surface area contributed by atoms with E-state index >= 15 is 0 Å². The van der Waals surface area contributed by atoms with E-state index in [1.807, 2.05) is 13.0 Å². The first-order valence-corrected chi connectivity index (χ1v) is 5.50. The second kappa shape index (κ2) is 3.97. The van der Waals surface area contributed by atoms with E-state index in [9.17, 15) is 0 Å². The monoisotopic (exact) mass is 203 g/mol. The van der Waals surface area contributed by atoms with Crippen molar-refractivity contribution < 1.29 is 4.74 Å². The van der Waals surface area contributed by atoms with Gasteiger partial charge in [-0.2, -0.15) is 0 Å².